The van der Waals surface area contributed by atoms with Gasteiger partial charge in [-0.15, -0.1) is 0 Å². The standard InChI is InChI=1S/C12H16N6O/c1-17(2)10-5-4-8(6-9(10)13)11(19)16-12-14-7-15-18(12)3/h4-7H,13H2,1-3H3,(H,14,15,16,19). The van der Waals surface area contributed by atoms with Gasteiger partial charge >= 0.3 is 0 Å². The third-order valence-electron chi connectivity index (χ3n) is 2.71. The number of carbonyl (C=O) groups excluding carboxylic acids is 1. The van der Waals surface area contributed by atoms with Gasteiger partial charge in [-0.1, -0.05) is 0 Å². The van der Waals surface area contributed by atoms with Crippen molar-refractivity contribution in [3.8, 4) is 0 Å². The Morgan fingerprint density at radius 3 is 2.68 bits per heavy atom. The molecular weight excluding hydrogens is 244 g/mol. The third kappa shape index (κ3) is 2.65. The number of hydrogen-bond acceptors (Lipinski definition) is 5. The van der Waals surface area contributed by atoms with E-state index in [-0.39, 0.29) is 5.91 Å². The predicted molar refractivity (Wildman–Crippen MR) is 74.1 cm³/mol. The van der Waals surface area contributed by atoms with E-state index < -0.39 is 0 Å². The summed E-state index contributed by atoms with van der Waals surface area (Å²) in [6.07, 6.45) is 1.37. The quantitative estimate of drug-likeness (QED) is 0.794. The second kappa shape index (κ2) is 4.97. The molecule has 7 nitrogen and oxygen atoms in total. The van der Waals surface area contributed by atoms with E-state index >= 15 is 0 Å². The number of nitrogens with two attached hydrogens (primary N) is 1. The summed E-state index contributed by atoms with van der Waals surface area (Å²) in [7, 11) is 5.49. The second-order valence-corrected chi connectivity index (χ2v) is 4.33. The summed E-state index contributed by atoms with van der Waals surface area (Å²) in [4.78, 5) is 17.9. The highest BCUT2D eigenvalue weighted by Gasteiger charge is 2.11. The molecule has 3 N–H and O–H groups in total. The molecule has 0 fully saturated rings. The Labute approximate surface area is 111 Å². The first-order valence-corrected chi connectivity index (χ1v) is 5.71. The summed E-state index contributed by atoms with van der Waals surface area (Å²) in [5.41, 5.74) is 7.81. The average Bonchev–Trinajstić information content (AvgIpc) is 2.74. The molecule has 0 atom stereocenters. The number of nitrogen functional groups attached to an aromatic ring is 1. The molecular formula is C12H16N6O. The van der Waals surface area contributed by atoms with E-state index in [0.29, 0.717) is 17.2 Å². The van der Waals surface area contributed by atoms with Crippen molar-refractivity contribution < 1.29 is 4.79 Å². The summed E-state index contributed by atoms with van der Waals surface area (Å²) in [6, 6.07) is 5.17. The molecule has 1 heterocycles. The van der Waals surface area contributed by atoms with Gasteiger partial charge in [-0.05, 0) is 18.2 Å². The van der Waals surface area contributed by atoms with Crippen LogP contribution >= 0.6 is 0 Å². The minimum Gasteiger partial charge on any atom is -0.397 e. The number of aromatic nitrogens is 3. The van der Waals surface area contributed by atoms with Crippen molar-refractivity contribution in [1.29, 1.82) is 0 Å². The molecule has 7 heteroatoms. The monoisotopic (exact) mass is 260 g/mol. The molecule has 0 bridgehead atoms. The van der Waals surface area contributed by atoms with Crippen LogP contribution in [-0.4, -0.2) is 34.8 Å². The first-order valence-electron chi connectivity index (χ1n) is 5.71. The zero-order valence-electron chi connectivity index (χ0n) is 11.1. The molecule has 1 aromatic carbocycles. The summed E-state index contributed by atoms with van der Waals surface area (Å²) < 4.78 is 1.48. The minimum atomic E-state index is -0.270. The predicted octanol–water partition coefficient (Wildman–Crippen LogP) is 0.716. The Balaban J connectivity index is 2.21. The zero-order chi connectivity index (χ0) is 14.0. The van der Waals surface area contributed by atoms with Crippen molar-refractivity contribution in [2.45, 2.75) is 0 Å². The molecule has 19 heavy (non-hydrogen) atoms. The van der Waals surface area contributed by atoms with Crippen LogP contribution in [0.15, 0.2) is 24.5 Å². The van der Waals surface area contributed by atoms with E-state index in [2.05, 4.69) is 15.4 Å². The second-order valence-electron chi connectivity index (χ2n) is 4.33. The van der Waals surface area contributed by atoms with E-state index in [1.807, 2.05) is 19.0 Å². The van der Waals surface area contributed by atoms with Gasteiger partial charge in [-0.25, -0.2) is 4.68 Å². The number of carbonyl (C=O) groups is 1. The molecule has 0 spiro atoms. The third-order valence-corrected chi connectivity index (χ3v) is 2.71. The number of amides is 1. The van der Waals surface area contributed by atoms with E-state index in [9.17, 15) is 4.79 Å². The normalized spacial score (nSPS) is 10.3. The van der Waals surface area contributed by atoms with Crippen LogP contribution < -0.4 is 16.0 Å². The smallest absolute Gasteiger partial charge is 0.258 e. The molecule has 0 unspecified atom stereocenters. The number of nitrogens with zero attached hydrogens (tertiary/aromatic N) is 4. The number of rotatable bonds is 3. The van der Waals surface area contributed by atoms with Gasteiger partial charge in [0, 0.05) is 26.7 Å². The highest BCUT2D eigenvalue weighted by atomic mass is 16.1. The van der Waals surface area contributed by atoms with Gasteiger partial charge in [-0.2, -0.15) is 10.1 Å². The highest BCUT2D eigenvalue weighted by Crippen LogP contribution is 2.22. The topological polar surface area (TPSA) is 89.1 Å². The lowest BCUT2D eigenvalue weighted by Gasteiger charge is -2.15. The summed E-state index contributed by atoms with van der Waals surface area (Å²) in [5, 5.41) is 6.54. The van der Waals surface area contributed by atoms with Gasteiger partial charge in [-0.3, -0.25) is 10.1 Å². The fourth-order valence-electron chi connectivity index (χ4n) is 1.69. The van der Waals surface area contributed by atoms with Crippen molar-refractivity contribution in [3.05, 3.63) is 30.1 Å². The minimum absolute atomic E-state index is 0.270. The fourth-order valence-corrected chi connectivity index (χ4v) is 1.69. The van der Waals surface area contributed by atoms with Crippen LogP contribution in [0.25, 0.3) is 0 Å². The lowest BCUT2D eigenvalue weighted by Crippen LogP contribution is -2.17. The van der Waals surface area contributed by atoms with Crippen LogP contribution in [0.2, 0.25) is 0 Å². The Morgan fingerprint density at radius 1 is 1.42 bits per heavy atom. The highest BCUT2D eigenvalue weighted by molar-refractivity contribution is 6.04. The lowest BCUT2D eigenvalue weighted by atomic mass is 10.1. The van der Waals surface area contributed by atoms with Crippen molar-refractivity contribution in [1.82, 2.24) is 14.8 Å². The van der Waals surface area contributed by atoms with Crippen LogP contribution in [0.3, 0.4) is 0 Å². The first kappa shape index (κ1) is 12.9. The Morgan fingerprint density at radius 2 is 2.16 bits per heavy atom. The number of nitrogens with one attached hydrogen (secondary N) is 1. The molecule has 100 valence electrons. The zero-order valence-corrected chi connectivity index (χ0v) is 11.1. The average molecular weight is 260 g/mol. The summed E-state index contributed by atoms with van der Waals surface area (Å²) >= 11 is 0. The summed E-state index contributed by atoms with van der Waals surface area (Å²) in [5.74, 6) is 0.119. The largest absolute Gasteiger partial charge is 0.397 e. The first-order chi connectivity index (χ1) is 8.99. The molecule has 0 radical (unpaired) electrons. The van der Waals surface area contributed by atoms with Crippen LogP contribution in [0.4, 0.5) is 17.3 Å². The van der Waals surface area contributed by atoms with Gasteiger partial charge in [0.25, 0.3) is 5.91 Å². The Hall–Kier alpha value is -2.57. The molecule has 0 aliphatic heterocycles. The molecule has 0 saturated heterocycles. The van der Waals surface area contributed by atoms with Crippen molar-refractivity contribution in [3.63, 3.8) is 0 Å². The molecule has 2 aromatic rings. The molecule has 2 rings (SSSR count). The van der Waals surface area contributed by atoms with Crippen LogP contribution in [-0.2, 0) is 7.05 Å². The molecule has 0 aliphatic rings. The summed E-state index contributed by atoms with van der Waals surface area (Å²) in [6.45, 7) is 0. The van der Waals surface area contributed by atoms with Crippen LogP contribution in [0.5, 0.6) is 0 Å². The lowest BCUT2D eigenvalue weighted by molar-refractivity contribution is 0.102. The SMILES string of the molecule is CN(C)c1ccc(C(=O)Nc2ncnn2C)cc1N. The van der Waals surface area contributed by atoms with E-state index in [1.54, 1.807) is 25.2 Å². The van der Waals surface area contributed by atoms with E-state index in [4.69, 9.17) is 5.73 Å². The van der Waals surface area contributed by atoms with Crippen molar-refractivity contribution in [2.24, 2.45) is 7.05 Å². The van der Waals surface area contributed by atoms with Crippen LogP contribution in [0, 0.1) is 0 Å². The Bertz CT molecular complexity index is 604. The van der Waals surface area contributed by atoms with Crippen molar-refractivity contribution in [2.75, 3.05) is 30.0 Å². The Kier molecular flexibility index (Phi) is 3.37. The number of aryl methyl sites for hydroxylation is 1. The fraction of sp³-hybridized carbons (Fsp3) is 0.250. The van der Waals surface area contributed by atoms with Gasteiger partial charge in [0.15, 0.2) is 0 Å². The molecule has 0 saturated carbocycles. The molecule has 0 aliphatic carbocycles. The maximum atomic E-state index is 12.0. The van der Waals surface area contributed by atoms with Crippen molar-refractivity contribution >= 4 is 23.2 Å². The van der Waals surface area contributed by atoms with Gasteiger partial charge < -0.3 is 10.6 Å². The molecule has 1 amide bonds. The van der Waals surface area contributed by atoms with Gasteiger partial charge in [0.2, 0.25) is 5.95 Å². The van der Waals surface area contributed by atoms with Crippen LogP contribution in [0.1, 0.15) is 10.4 Å². The molecule has 1 aromatic heterocycles. The van der Waals surface area contributed by atoms with E-state index in [0.717, 1.165) is 5.69 Å². The van der Waals surface area contributed by atoms with Gasteiger partial charge in [0.05, 0.1) is 11.4 Å². The van der Waals surface area contributed by atoms with Gasteiger partial charge in [0.1, 0.15) is 6.33 Å². The number of hydrogen-bond donors (Lipinski definition) is 2. The number of anilines is 3. The maximum Gasteiger partial charge on any atom is 0.258 e. The van der Waals surface area contributed by atoms with E-state index in [1.165, 1.54) is 11.0 Å². The maximum absolute atomic E-state index is 12.0. The number of benzene rings is 1.